The molecule has 16 heavy (non-hydrogen) atoms. The van der Waals surface area contributed by atoms with Crippen LogP contribution in [0.1, 0.15) is 49.7 Å². The van der Waals surface area contributed by atoms with Crippen molar-refractivity contribution in [3.05, 3.63) is 33.8 Å². The van der Waals surface area contributed by atoms with Crippen molar-refractivity contribution in [2.75, 3.05) is 13.1 Å². The van der Waals surface area contributed by atoms with Gasteiger partial charge in [0.1, 0.15) is 0 Å². The topological polar surface area (TPSA) is 12.0 Å². The van der Waals surface area contributed by atoms with Crippen LogP contribution < -0.4 is 5.32 Å². The summed E-state index contributed by atoms with van der Waals surface area (Å²) in [6.45, 7) is 6.89. The second-order valence-corrected chi connectivity index (χ2v) is 5.87. The molecule has 1 saturated heterocycles. The number of hydrogen-bond acceptors (Lipinski definition) is 1. The Morgan fingerprint density at radius 2 is 1.94 bits per heavy atom. The molecule has 0 aliphatic carbocycles. The van der Waals surface area contributed by atoms with Crippen LogP contribution in [0.15, 0.2) is 22.7 Å². The van der Waals surface area contributed by atoms with Gasteiger partial charge in [-0.2, -0.15) is 0 Å². The lowest BCUT2D eigenvalue weighted by molar-refractivity contribution is 0.457. The Morgan fingerprint density at radius 1 is 1.25 bits per heavy atom. The molecule has 0 atom stereocenters. The van der Waals surface area contributed by atoms with Crippen LogP contribution in [0, 0.1) is 0 Å². The van der Waals surface area contributed by atoms with Crippen molar-refractivity contribution < 1.29 is 0 Å². The molecule has 0 saturated carbocycles. The second-order valence-electron chi connectivity index (χ2n) is 4.95. The van der Waals surface area contributed by atoms with Crippen LogP contribution in [0.4, 0.5) is 0 Å². The fraction of sp³-hybridized carbons (Fsp3) is 0.571. The maximum absolute atomic E-state index is 3.60. The van der Waals surface area contributed by atoms with Gasteiger partial charge in [-0.05, 0) is 61.0 Å². The summed E-state index contributed by atoms with van der Waals surface area (Å²) in [6, 6.07) is 6.78. The van der Waals surface area contributed by atoms with Gasteiger partial charge in [0.25, 0.3) is 0 Å². The summed E-state index contributed by atoms with van der Waals surface area (Å²) < 4.78 is 1.21. The number of piperidine rings is 1. The van der Waals surface area contributed by atoms with E-state index in [1.165, 1.54) is 22.9 Å². The molecular formula is C14H20BrN. The minimum absolute atomic E-state index is 0.623. The van der Waals surface area contributed by atoms with Gasteiger partial charge in [0.2, 0.25) is 0 Å². The molecule has 0 unspecified atom stereocenters. The van der Waals surface area contributed by atoms with E-state index in [-0.39, 0.29) is 0 Å². The third-order valence-corrected chi connectivity index (χ3v) is 3.94. The molecule has 1 fully saturated rings. The first kappa shape index (κ1) is 12.1. The highest BCUT2D eigenvalue weighted by atomic mass is 79.9. The zero-order chi connectivity index (χ0) is 11.5. The van der Waals surface area contributed by atoms with Crippen molar-refractivity contribution in [3.63, 3.8) is 0 Å². The molecule has 1 aromatic rings. The summed E-state index contributed by atoms with van der Waals surface area (Å²) in [5.74, 6) is 1.37. The highest BCUT2D eigenvalue weighted by Crippen LogP contribution is 2.33. The van der Waals surface area contributed by atoms with Crippen molar-refractivity contribution in [3.8, 4) is 0 Å². The first-order chi connectivity index (χ1) is 7.68. The van der Waals surface area contributed by atoms with E-state index < -0.39 is 0 Å². The van der Waals surface area contributed by atoms with Crippen LogP contribution in [-0.4, -0.2) is 13.1 Å². The first-order valence-electron chi connectivity index (χ1n) is 6.18. The Kier molecular flexibility index (Phi) is 4.04. The summed E-state index contributed by atoms with van der Waals surface area (Å²) in [4.78, 5) is 0. The van der Waals surface area contributed by atoms with Crippen molar-refractivity contribution in [1.29, 1.82) is 0 Å². The fourth-order valence-electron chi connectivity index (χ4n) is 2.56. The Hall–Kier alpha value is -0.340. The van der Waals surface area contributed by atoms with Crippen molar-refractivity contribution in [2.45, 2.75) is 38.5 Å². The number of hydrogen-bond donors (Lipinski definition) is 1. The van der Waals surface area contributed by atoms with Gasteiger partial charge in [-0.3, -0.25) is 0 Å². The Bertz CT molecular complexity index is 354. The molecule has 1 aromatic carbocycles. The van der Waals surface area contributed by atoms with Gasteiger partial charge in [-0.1, -0.05) is 35.8 Å². The van der Waals surface area contributed by atoms with E-state index >= 15 is 0 Å². The van der Waals surface area contributed by atoms with Crippen LogP contribution in [0.5, 0.6) is 0 Å². The van der Waals surface area contributed by atoms with Gasteiger partial charge < -0.3 is 5.32 Å². The molecule has 2 rings (SSSR count). The van der Waals surface area contributed by atoms with E-state index in [9.17, 15) is 0 Å². The molecule has 0 spiro atoms. The summed E-state index contributed by atoms with van der Waals surface area (Å²) in [7, 11) is 0. The normalized spacial score (nSPS) is 18.0. The van der Waals surface area contributed by atoms with Crippen molar-refractivity contribution in [1.82, 2.24) is 5.32 Å². The highest BCUT2D eigenvalue weighted by molar-refractivity contribution is 9.10. The van der Waals surface area contributed by atoms with Gasteiger partial charge in [0.15, 0.2) is 0 Å². The predicted molar refractivity (Wildman–Crippen MR) is 73.1 cm³/mol. The molecule has 2 heteroatoms. The molecule has 1 heterocycles. The largest absolute Gasteiger partial charge is 0.317 e. The molecule has 1 nitrogen and oxygen atoms in total. The smallest absolute Gasteiger partial charge is 0.0178 e. The molecule has 0 aromatic heterocycles. The maximum Gasteiger partial charge on any atom is 0.0178 e. The second kappa shape index (κ2) is 5.33. The van der Waals surface area contributed by atoms with Crippen LogP contribution in [0.25, 0.3) is 0 Å². The molecule has 1 aliphatic heterocycles. The van der Waals surface area contributed by atoms with E-state index in [4.69, 9.17) is 0 Å². The Morgan fingerprint density at radius 3 is 2.56 bits per heavy atom. The molecular weight excluding hydrogens is 262 g/mol. The highest BCUT2D eigenvalue weighted by Gasteiger charge is 2.19. The molecule has 1 N–H and O–H groups in total. The van der Waals surface area contributed by atoms with Crippen LogP contribution >= 0.6 is 15.9 Å². The summed E-state index contributed by atoms with van der Waals surface area (Å²) in [5.41, 5.74) is 3.08. The molecule has 1 aliphatic rings. The van der Waals surface area contributed by atoms with E-state index in [1.54, 1.807) is 5.56 Å². The molecule has 0 bridgehead atoms. The van der Waals surface area contributed by atoms with E-state index in [1.807, 2.05) is 0 Å². The predicted octanol–water partition coefficient (Wildman–Crippen LogP) is 4.04. The average molecular weight is 282 g/mol. The summed E-state index contributed by atoms with van der Waals surface area (Å²) >= 11 is 3.60. The zero-order valence-electron chi connectivity index (χ0n) is 10.1. The Balaban J connectivity index is 2.32. The first-order valence-corrected chi connectivity index (χ1v) is 6.98. The van der Waals surface area contributed by atoms with Crippen LogP contribution in [0.2, 0.25) is 0 Å². The standard InChI is InChI=1S/C14H20BrN/c1-10(2)13-4-3-12(15)9-14(13)11-5-7-16-8-6-11/h3-4,9-11,16H,5-8H2,1-2H3. The third-order valence-electron chi connectivity index (χ3n) is 3.45. The average Bonchev–Trinajstić information content (AvgIpc) is 2.29. The number of rotatable bonds is 2. The lowest BCUT2D eigenvalue weighted by Crippen LogP contribution is -2.27. The van der Waals surface area contributed by atoms with Gasteiger partial charge >= 0.3 is 0 Å². The number of nitrogens with one attached hydrogen (secondary N) is 1. The quantitative estimate of drug-likeness (QED) is 0.863. The summed E-state index contributed by atoms with van der Waals surface area (Å²) in [5, 5.41) is 3.44. The lowest BCUT2D eigenvalue weighted by Gasteiger charge is -2.26. The number of halogens is 1. The van der Waals surface area contributed by atoms with Crippen molar-refractivity contribution in [2.24, 2.45) is 0 Å². The van der Waals surface area contributed by atoms with Gasteiger partial charge in [-0.25, -0.2) is 0 Å². The minimum Gasteiger partial charge on any atom is -0.317 e. The summed E-state index contributed by atoms with van der Waals surface area (Å²) in [6.07, 6.45) is 2.55. The van der Waals surface area contributed by atoms with Crippen molar-refractivity contribution >= 4 is 15.9 Å². The third kappa shape index (κ3) is 2.67. The Labute approximate surface area is 107 Å². The van der Waals surface area contributed by atoms with Gasteiger partial charge in [-0.15, -0.1) is 0 Å². The molecule has 0 amide bonds. The van der Waals surface area contributed by atoms with E-state index in [0.29, 0.717) is 5.92 Å². The lowest BCUT2D eigenvalue weighted by atomic mass is 9.84. The maximum atomic E-state index is 3.60. The zero-order valence-corrected chi connectivity index (χ0v) is 11.7. The van der Waals surface area contributed by atoms with Crippen LogP contribution in [-0.2, 0) is 0 Å². The molecule has 0 radical (unpaired) electrons. The fourth-order valence-corrected chi connectivity index (χ4v) is 2.94. The monoisotopic (exact) mass is 281 g/mol. The van der Waals surface area contributed by atoms with Gasteiger partial charge in [0.05, 0.1) is 0 Å². The molecule has 88 valence electrons. The van der Waals surface area contributed by atoms with Crippen LogP contribution in [0.3, 0.4) is 0 Å². The van der Waals surface area contributed by atoms with E-state index in [0.717, 1.165) is 19.0 Å². The number of benzene rings is 1. The van der Waals surface area contributed by atoms with E-state index in [2.05, 4.69) is 53.3 Å². The minimum atomic E-state index is 0.623. The SMILES string of the molecule is CC(C)c1ccc(Br)cc1C1CCNCC1. The van der Waals surface area contributed by atoms with Gasteiger partial charge in [0, 0.05) is 4.47 Å².